The third kappa shape index (κ3) is 6.29. The zero-order chi connectivity index (χ0) is 29.3. The summed E-state index contributed by atoms with van der Waals surface area (Å²) >= 11 is 0. The maximum atomic E-state index is 13.9. The van der Waals surface area contributed by atoms with Crippen LogP contribution in [0.5, 0.6) is 0 Å². The molecule has 0 fully saturated rings. The molecular weight excluding hydrogens is 533 g/mol. The van der Waals surface area contributed by atoms with Gasteiger partial charge in [-0.3, -0.25) is 9.59 Å². The summed E-state index contributed by atoms with van der Waals surface area (Å²) < 4.78 is 43.2. The molecule has 11 heteroatoms. The second-order valence-corrected chi connectivity index (χ2v) is 9.91. The Morgan fingerprint density at radius 3 is 2.49 bits per heavy atom. The molecule has 8 nitrogen and oxygen atoms in total. The van der Waals surface area contributed by atoms with Gasteiger partial charge in [0, 0.05) is 42.8 Å². The summed E-state index contributed by atoms with van der Waals surface area (Å²) in [7, 11) is 0. The number of anilines is 2. The molecule has 2 aromatic carbocycles. The lowest BCUT2D eigenvalue weighted by Gasteiger charge is -2.16. The summed E-state index contributed by atoms with van der Waals surface area (Å²) in [6, 6.07) is 12.5. The lowest BCUT2D eigenvalue weighted by atomic mass is 10.0. The van der Waals surface area contributed by atoms with E-state index in [1.807, 2.05) is 19.1 Å². The summed E-state index contributed by atoms with van der Waals surface area (Å²) in [5.41, 5.74) is 3.90. The lowest BCUT2D eigenvalue weighted by molar-refractivity contribution is -0.138. The first-order valence-electron chi connectivity index (χ1n) is 12.8. The van der Waals surface area contributed by atoms with Crippen LogP contribution in [0.3, 0.4) is 0 Å². The number of aryl methyl sites for hydroxylation is 2. The van der Waals surface area contributed by atoms with E-state index < -0.39 is 17.6 Å². The molecule has 0 spiro atoms. The Hall–Kier alpha value is -4.93. The molecule has 0 aliphatic heterocycles. The van der Waals surface area contributed by atoms with E-state index in [0.29, 0.717) is 29.3 Å². The van der Waals surface area contributed by atoms with E-state index in [1.54, 1.807) is 42.1 Å². The monoisotopic (exact) mass is 560 g/mol. The summed E-state index contributed by atoms with van der Waals surface area (Å²) in [5, 5.41) is 6.80. The van der Waals surface area contributed by atoms with Gasteiger partial charge in [-0.05, 0) is 66.9 Å². The van der Waals surface area contributed by atoms with Gasteiger partial charge < -0.3 is 20.2 Å². The first-order valence-corrected chi connectivity index (χ1v) is 12.8. The molecule has 41 heavy (non-hydrogen) atoms. The highest BCUT2D eigenvalue weighted by Crippen LogP contribution is 2.33. The Kier molecular flexibility index (Phi) is 7.36. The zero-order valence-electron chi connectivity index (χ0n) is 22.6. The van der Waals surface area contributed by atoms with Gasteiger partial charge in [0.1, 0.15) is 5.65 Å². The number of carbonyl (C=O) groups is 2. The SMILES string of the molecule is CC(=O)c1cc2cc(NCc3cc(NC(=O)c4ccc(Cn5cnc(C)c5)c(C(F)(F)F)c4)ccc3C)cnc2[nH]1. The van der Waals surface area contributed by atoms with Gasteiger partial charge in [-0.1, -0.05) is 12.1 Å². The van der Waals surface area contributed by atoms with E-state index in [1.165, 1.54) is 25.4 Å². The average molecular weight is 561 g/mol. The number of alkyl halides is 3. The van der Waals surface area contributed by atoms with Gasteiger partial charge in [0.2, 0.25) is 0 Å². The third-order valence-electron chi connectivity index (χ3n) is 6.73. The van der Waals surface area contributed by atoms with Crippen molar-refractivity contribution in [3.63, 3.8) is 0 Å². The van der Waals surface area contributed by atoms with E-state index in [9.17, 15) is 22.8 Å². The second kappa shape index (κ2) is 10.9. The number of hydrogen-bond acceptors (Lipinski definition) is 5. The number of H-pyrrole nitrogens is 1. The van der Waals surface area contributed by atoms with Crippen molar-refractivity contribution in [1.82, 2.24) is 19.5 Å². The van der Waals surface area contributed by atoms with Crippen LogP contribution in [0.2, 0.25) is 0 Å². The smallest absolute Gasteiger partial charge is 0.380 e. The number of amides is 1. The first kappa shape index (κ1) is 27.6. The maximum Gasteiger partial charge on any atom is 0.416 e. The third-order valence-corrected chi connectivity index (χ3v) is 6.73. The molecule has 3 N–H and O–H groups in total. The standard InChI is InChI=1S/C30H27F3N6O2/c1-17-4-7-24(9-23(17)12-34-25-8-22-11-27(19(3)40)38-28(22)35-13-25)37-29(41)20-5-6-21(26(10-20)30(31,32)33)15-39-14-18(2)36-16-39/h4-11,13-14,16,34H,12,15H2,1-3H3,(H,35,38)(H,37,41). The molecule has 0 unspecified atom stereocenters. The number of imidazole rings is 1. The van der Waals surface area contributed by atoms with Gasteiger partial charge in [-0.2, -0.15) is 13.2 Å². The van der Waals surface area contributed by atoms with Gasteiger partial charge in [0.05, 0.1) is 35.2 Å². The Morgan fingerprint density at radius 2 is 1.78 bits per heavy atom. The number of rotatable bonds is 8. The minimum Gasteiger partial charge on any atom is -0.380 e. The quantitative estimate of drug-likeness (QED) is 0.188. The molecule has 3 aromatic heterocycles. The van der Waals surface area contributed by atoms with Crippen LogP contribution in [0.15, 0.2) is 67.3 Å². The van der Waals surface area contributed by atoms with Crippen LogP contribution in [0.25, 0.3) is 11.0 Å². The van der Waals surface area contributed by atoms with Crippen molar-refractivity contribution in [1.29, 1.82) is 0 Å². The fraction of sp³-hybridized carbons (Fsp3) is 0.200. The maximum absolute atomic E-state index is 13.9. The van der Waals surface area contributed by atoms with Crippen molar-refractivity contribution in [2.75, 3.05) is 10.6 Å². The molecule has 0 aliphatic rings. The topological polar surface area (TPSA) is 105 Å². The van der Waals surface area contributed by atoms with E-state index in [-0.39, 0.29) is 23.5 Å². The predicted octanol–water partition coefficient (Wildman–Crippen LogP) is 6.51. The van der Waals surface area contributed by atoms with Crippen molar-refractivity contribution in [3.05, 3.63) is 106 Å². The van der Waals surface area contributed by atoms with Crippen LogP contribution < -0.4 is 10.6 Å². The van der Waals surface area contributed by atoms with Gasteiger partial charge in [0.25, 0.3) is 5.91 Å². The first-order chi connectivity index (χ1) is 19.5. The van der Waals surface area contributed by atoms with Gasteiger partial charge in [-0.15, -0.1) is 0 Å². The number of nitrogens with zero attached hydrogens (tertiary/aromatic N) is 3. The number of carbonyl (C=O) groups excluding carboxylic acids is 2. The number of pyridine rings is 1. The minimum absolute atomic E-state index is 0.0175. The average Bonchev–Trinajstić information content (AvgIpc) is 3.54. The van der Waals surface area contributed by atoms with E-state index in [4.69, 9.17) is 0 Å². The van der Waals surface area contributed by atoms with Crippen molar-refractivity contribution in [2.24, 2.45) is 0 Å². The van der Waals surface area contributed by atoms with Crippen LogP contribution in [-0.4, -0.2) is 31.2 Å². The highest BCUT2D eigenvalue weighted by atomic mass is 19.4. The number of ketones is 1. The number of halogens is 3. The summed E-state index contributed by atoms with van der Waals surface area (Å²) in [4.78, 5) is 36.0. The van der Waals surface area contributed by atoms with E-state index in [2.05, 4.69) is 25.6 Å². The molecule has 210 valence electrons. The number of aromatic amines is 1. The van der Waals surface area contributed by atoms with Gasteiger partial charge in [0.15, 0.2) is 5.78 Å². The molecule has 0 atom stereocenters. The Bertz CT molecular complexity index is 1770. The number of hydrogen-bond donors (Lipinski definition) is 3. The van der Waals surface area contributed by atoms with Crippen LogP contribution in [-0.2, 0) is 19.3 Å². The minimum atomic E-state index is -4.63. The van der Waals surface area contributed by atoms with Crippen molar-refractivity contribution >= 4 is 34.1 Å². The molecular formula is C30H27F3N6O2. The van der Waals surface area contributed by atoms with Gasteiger partial charge in [-0.25, -0.2) is 9.97 Å². The van der Waals surface area contributed by atoms with Crippen LogP contribution in [0.1, 0.15) is 55.7 Å². The number of nitrogens with one attached hydrogen (secondary N) is 3. The largest absolute Gasteiger partial charge is 0.416 e. The summed E-state index contributed by atoms with van der Waals surface area (Å²) in [5.74, 6) is -0.728. The normalized spacial score (nSPS) is 11.6. The fourth-order valence-corrected chi connectivity index (χ4v) is 4.52. The molecule has 0 radical (unpaired) electrons. The fourth-order valence-electron chi connectivity index (χ4n) is 4.52. The van der Waals surface area contributed by atoms with E-state index >= 15 is 0 Å². The highest BCUT2D eigenvalue weighted by Gasteiger charge is 2.34. The Balaban J connectivity index is 1.31. The summed E-state index contributed by atoms with van der Waals surface area (Å²) in [6.45, 7) is 5.55. The number of aromatic nitrogens is 4. The molecule has 5 rings (SSSR count). The zero-order valence-corrected chi connectivity index (χ0v) is 22.6. The van der Waals surface area contributed by atoms with Crippen molar-refractivity contribution in [2.45, 2.75) is 40.0 Å². The van der Waals surface area contributed by atoms with Gasteiger partial charge >= 0.3 is 6.18 Å². The van der Waals surface area contributed by atoms with Crippen molar-refractivity contribution < 1.29 is 22.8 Å². The molecule has 1 amide bonds. The molecule has 0 saturated carbocycles. The molecule has 5 aromatic rings. The Labute approximate surface area is 233 Å². The molecule has 3 heterocycles. The van der Waals surface area contributed by atoms with Crippen LogP contribution in [0.4, 0.5) is 24.5 Å². The van der Waals surface area contributed by atoms with E-state index in [0.717, 1.165) is 28.3 Å². The summed E-state index contributed by atoms with van der Waals surface area (Å²) in [6.07, 6.45) is 0.152. The second-order valence-electron chi connectivity index (χ2n) is 9.91. The molecule has 0 saturated heterocycles. The number of Topliss-reactive ketones (excluding diaryl/α,β-unsaturated/α-hetero) is 1. The number of benzene rings is 2. The number of fused-ring (bicyclic) bond motifs is 1. The predicted molar refractivity (Wildman–Crippen MR) is 150 cm³/mol. The highest BCUT2D eigenvalue weighted by molar-refractivity contribution is 6.04. The van der Waals surface area contributed by atoms with Crippen LogP contribution in [0, 0.1) is 13.8 Å². The Morgan fingerprint density at radius 1 is 0.976 bits per heavy atom. The molecule has 0 aliphatic carbocycles. The van der Waals surface area contributed by atoms with Crippen LogP contribution >= 0.6 is 0 Å². The van der Waals surface area contributed by atoms with Crippen molar-refractivity contribution in [3.8, 4) is 0 Å². The molecule has 0 bridgehead atoms. The lowest BCUT2D eigenvalue weighted by Crippen LogP contribution is -2.17.